The number of ketones is 2. The lowest BCUT2D eigenvalue weighted by Crippen LogP contribution is -2.30. The number of amides is 2. The standard InChI is InChI=1S/C63H73N17O11S5/c1-7-77(8-2)43-23-25-49(73-75-62-68-55(79-27-13-11-14-28-79)53(93-62)37-47(39(5)82)57(84)64-41-19-17-21-45(33-41)95(86,87)88)51(35-43)66-59-70-60(72-61(71-59)92-32-31-81)67-52-36-44(78(9-3)10-4)24-26-50(52)74-76-63-69-56(80-29-15-12-16-30-80)54(94-63)38-48(40(6)83)58(85)65-42-20-18-22-46(34-42)96(89,90)91/h17-26,33-38,81H,7-16,27-32H2,1-6H3,(H,64,84)(H,65,85)(H,86,87,88)(H,89,90,91)(H2,66,67,70,71,72)/b47-37-,48-38+,75-73?,76-74?. The number of thioether (sulfide) groups is 1. The minimum absolute atomic E-state index is 0.0402. The molecule has 506 valence electrons. The van der Waals surface area contributed by atoms with E-state index in [9.17, 15) is 50.2 Å². The lowest BCUT2D eigenvalue weighted by Gasteiger charge is -2.27. The zero-order valence-corrected chi connectivity index (χ0v) is 57.6. The van der Waals surface area contributed by atoms with Gasteiger partial charge < -0.3 is 46.0 Å². The fraction of sp³-hybridized carbons (Fsp3) is 0.349. The van der Waals surface area contributed by atoms with E-state index in [2.05, 4.69) is 51.1 Å². The number of anilines is 10. The summed E-state index contributed by atoms with van der Waals surface area (Å²) in [6.45, 7) is 15.8. The fourth-order valence-corrected chi connectivity index (χ4v) is 13.8. The molecule has 7 N–H and O–H groups in total. The quantitative estimate of drug-likeness (QED) is 0.00572. The maximum Gasteiger partial charge on any atom is 0.294 e. The van der Waals surface area contributed by atoms with Crippen molar-refractivity contribution in [1.29, 1.82) is 0 Å². The van der Waals surface area contributed by atoms with Gasteiger partial charge in [0.25, 0.3) is 32.1 Å². The van der Waals surface area contributed by atoms with Gasteiger partial charge >= 0.3 is 0 Å². The highest BCUT2D eigenvalue weighted by molar-refractivity contribution is 7.99. The summed E-state index contributed by atoms with van der Waals surface area (Å²) in [5.74, 6) is -1.33. The van der Waals surface area contributed by atoms with E-state index in [0.717, 1.165) is 84.7 Å². The first-order valence-electron chi connectivity index (χ1n) is 30.9. The van der Waals surface area contributed by atoms with Gasteiger partial charge in [-0.2, -0.15) is 41.8 Å². The van der Waals surface area contributed by atoms with Gasteiger partial charge in [-0.15, -0.1) is 20.5 Å². The summed E-state index contributed by atoms with van der Waals surface area (Å²) in [6.07, 6.45) is 8.44. The van der Waals surface area contributed by atoms with Crippen molar-refractivity contribution >= 4 is 169 Å². The summed E-state index contributed by atoms with van der Waals surface area (Å²) in [7, 11) is -9.17. The predicted molar refractivity (Wildman–Crippen MR) is 376 cm³/mol. The molecule has 2 saturated heterocycles. The van der Waals surface area contributed by atoms with E-state index >= 15 is 0 Å². The van der Waals surface area contributed by atoms with E-state index in [1.54, 1.807) is 12.1 Å². The molecule has 0 saturated carbocycles. The third-order valence-corrected chi connectivity index (χ3v) is 19.5. The SMILES string of the molecule is CCN(CC)c1ccc(N=Nc2nc(N3CCCCC3)c(/C=C(/C(C)=O)C(=O)Nc3cccc(S(=O)(=O)O)c3)s2)c(Nc2nc(Nc3cc(N(CC)CC)ccc3N=Nc3nc(N4CCCCC4)c(/C=C(\C(C)=O)C(=O)Nc4cccc(S(=O)(=O)O)c4)s3)nc(SCCO)n2)c1. The summed E-state index contributed by atoms with van der Waals surface area (Å²) < 4.78 is 66.8. The molecule has 0 atom stereocenters. The number of piperidine rings is 2. The first-order valence-corrected chi connectivity index (χ1v) is 36.4. The second kappa shape index (κ2) is 32.7. The molecular formula is C63H73N17O11S5. The number of carbonyl (C=O) groups excluding carboxylic acids is 4. The van der Waals surface area contributed by atoms with Crippen LogP contribution in [0.2, 0.25) is 0 Å². The predicted octanol–water partition coefficient (Wildman–Crippen LogP) is 12.6. The van der Waals surface area contributed by atoms with Gasteiger partial charge in [0, 0.05) is 80.9 Å². The lowest BCUT2D eigenvalue weighted by atomic mass is 10.1. The normalized spacial score (nSPS) is 14.1. The van der Waals surface area contributed by atoms with Crippen LogP contribution in [0.5, 0.6) is 0 Å². The number of nitrogens with one attached hydrogen (secondary N) is 4. The Morgan fingerprint density at radius 3 is 1.33 bits per heavy atom. The van der Waals surface area contributed by atoms with Gasteiger partial charge in [-0.3, -0.25) is 28.3 Å². The fourth-order valence-electron chi connectivity index (χ4n) is 10.4. The van der Waals surface area contributed by atoms with Gasteiger partial charge in [-0.25, -0.2) is 0 Å². The van der Waals surface area contributed by atoms with Crippen LogP contribution in [-0.2, 0) is 39.4 Å². The molecule has 7 aromatic rings. The Balaban J connectivity index is 1.06. The van der Waals surface area contributed by atoms with E-state index in [1.165, 1.54) is 74.2 Å². The molecule has 5 heterocycles. The second-order valence-electron chi connectivity index (χ2n) is 21.8. The molecule has 0 spiro atoms. The molecule has 4 aromatic carbocycles. The average molecular weight is 1400 g/mol. The number of nitrogens with zero attached hydrogens (tertiary/aromatic N) is 13. The van der Waals surface area contributed by atoms with E-state index in [4.69, 9.17) is 35.1 Å². The number of rotatable bonds is 29. The largest absolute Gasteiger partial charge is 0.396 e. The van der Waals surface area contributed by atoms with Crippen molar-refractivity contribution in [3.8, 4) is 0 Å². The van der Waals surface area contributed by atoms with Crippen LogP contribution in [0.1, 0.15) is 89.8 Å². The molecule has 9 rings (SSSR count). The Morgan fingerprint density at radius 1 is 0.562 bits per heavy atom. The third kappa shape index (κ3) is 18.7. The molecule has 2 amide bonds. The van der Waals surface area contributed by atoms with Gasteiger partial charge in [-0.1, -0.05) is 46.6 Å². The molecule has 28 nitrogen and oxygen atoms in total. The highest BCUT2D eigenvalue weighted by atomic mass is 32.2. The van der Waals surface area contributed by atoms with Crippen molar-refractivity contribution in [3.05, 3.63) is 106 Å². The van der Waals surface area contributed by atoms with Gasteiger partial charge in [0.15, 0.2) is 16.7 Å². The monoisotopic (exact) mass is 1400 g/mol. The van der Waals surface area contributed by atoms with Crippen molar-refractivity contribution in [2.45, 2.75) is 95.0 Å². The number of azo groups is 2. The number of hydrogen-bond donors (Lipinski definition) is 7. The Morgan fingerprint density at radius 2 is 0.969 bits per heavy atom. The second-order valence-corrected chi connectivity index (χ2v) is 27.8. The molecule has 0 radical (unpaired) electrons. The van der Waals surface area contributed by atoms with Crippen molar-refractivity contribution < 1.29 is 50.2 Å². The van der Waals surface area contributed by atoms with E-state index in [1.807, 2.05) is 52.0 Å². The van der Waals surface area contributed by atoms with Gasteiger partial charge in [0.1, 0.15) is 23.0 Å². The van der Waals surface area contributed by atoms with Crippen LogP contribution in [0.3, 0.4) is 0 Å². The number of aromatic nitrogens is 5. The van der Waals surface area contributed by atoms with Crippen molar-refractivity contribution in [1.82, 2.24) is 24.9 Å². The zero-order valence-electron chi connectivity index (χ0n) is 53.5. The van der Waals surface area contributed by atoms with E-state index in [0.29, 0.717) is 96.5 Å². The first kappa shape index (κ1) is 71.3. The maximum absolute atomic E-state index is 13.8. The highest BCUT2D eigenvalue weighted by Crippen LogP contribution is 2.41. The van der Waals surface area contributed by atoms with Crippen LogP contribution < -0.4 is 40.9 Å². The highest BCUT2D eigenvalue weighted by Gasteiger charge is 2.26. The number of thiazole rings is 2. The topological polar surface area (TPSA) is 372 Å². The molecule has 2 fully saturated rings. The van der Waals surface area contributed by atoms with Crippen LogP contribution in [0.25, 0.3) is 12.2 Å². The van der Waals surface area contributed by atoms with Crippen molar-refractivity contribution in [2.24, 2.45) is 20.5 Å². The molecular weight excluding hydrogens is 1330 g/mol. The average Bonchev–Trinajstić information content (AvgIpc) is 1.81. The number of hydrogen-bond acceptors (Lipinski definition) is 27. The van der Waals surface area contributed by atoms with Crippen LogP contribution in [0.15, 0.2) is 131 Å². The molecule has 2 aliphatic rings. The maximum atomic E-state index is 13.8. The van der Waals surface area contributed by atoms with Gasteiger partial charge in [-0.05, 0) is 165 Å². The Bertz CT molecular complexity index is 4100. The van der Waals surface area contributed by atoms with Gasteiger partial charge in [0.05, 0.1) is 48.7 Å². The summed E-state index contributed by atoms with van der Waals surface area (Å²) in [5, 5.41) is 41.3. The summed E-state index contributed by atoms with van der Waals surface area (Å²) in [6, 6.07) is 21.2. The third-order valence-electron chi connectivity index (χ3n) is 15.3. The number of carbonyl (C=O) groups is 4. The van der Waals surface area contributed by atoms with Gasteiger partial charge in [0.2, 0.25) is 22.2 Å². The molecule has 3 aromatic heterocycles. The van der Waals surface area contributed by atoms with Crippen LogP contribution in [0.4, 0.5) is 79.3 Å². The minimum atomic E-state index is -4.59. The number of aliphatic hydroxyl groups excluding tert-OH is 1. The lowest BCUT2D eigenvalue weighted by molar-refractivity contribution is -0.120. The summed E-state index contributed by atoms with van der Waals surface area (Å²) in [5.41, 5.74) is 2.91. The smallest absolute Gasteiger partial charge is 0.294 e. The number of benzene rings is 4. The summed E-state index contributed by atoms with van der Waals surface area (Å²) >= 11 is 3.42. The first-order chi connectivity index (χ1) is 46.0. The van der Waals surface area contributed by atoms with Crippen LogP contribution in [-0.4, -0.2) is 144 Å². The van der Waals surface area contributed by atoms with Crippen molar-refractivity contribution in [2.75, 3.05) is 106 Å². The van der Waals surface area contributed by atoms with Crippen molar-refractivity contribution in [3.63, 3.8) is 0 Å². The van der Waals surface area contributed by atoms with E-state index < -0.39 is 53.4 Å². The Kier molecular flexibility index (Phi) is 24.3. The molecule has 0 bridgehead atoms. The molecule has 33 heteroatoms. The molecule has 96 heavy (non-hydrogen) atoms. The molecule has 0 unspecified atom stereocenters. The Hall–Kier alpha value is -8.96. The van der Waals surface area contributed by atoms with E-state index in [-0.39, 0.29) is 62.2 Å². The summed E-state index contributed by atoms with van der Waals surface area (Å²) in [4.78, 5) is 86.6. The molecule has 2 aliphatic heterocycles. The zero-order chi connectivity index (χ0) is 68.7. The minimum Gasteiger partial charge on any atom is -0.396 e. The number of Topliss-reactive ketones (excluding diaryl/α,β-unsaturated/α-hetero) is 2. The Labute approximate surface area is 568 Å². The van der Waals surface area contributed by atoms with Crippen LogP contribution >= 0.6 is 34.4 Å². The number of aliphatic hydroxyl groups is 1. The molecule has 0 aliphatic carbocycles. The van der Waals surface area contributed by atoms with Crippen LogP contribution in [0, 0.1) is 0 Å².